The van der Waals surface area contributed by atoms with Gasteiger partial charge < -0.3 is 21.3 Å². The molecule has 0 aromatic rings. The number of rotatable bonds is 8. The first-order valence-corrected chi connectivity index (χ1v) is 10.4. The zero-order valence-corrected chi connectivity index (χ0v) is 18.5. The second-order valence-corrected chi connectivity index (χ2v) is 8.09. The molecule has 146 valence electrons. The van der Waals surface area contributed by atoms with Crippen LogP contribution in [0.2, 0.25) is 0 Å². The number of carbonyl (C=O) groups is 1. The van der Waals surface area contributed by atoms with Crippen molar-refractivity contribution in [3.8, 4) is 0 Å². The van der Waals surface area contributed by atoms with Crippen LogP contribution in [0.1, 0.15) is 39.0 Å². The topological polar surface area (TPSA) is 82.8 Å². The first-order valence-electron chi connectivity index (χ1n) is 9.34. The van der Waals surface area contributed by atoms with Crippen LogP contribution in [0.15, 0.2) is 4.99 Å². The molecule has 4 N–H and O–H groups in total. The van der Waals surface area contributed by atoms with Crippen LogP contribution in [0.5, 0.6) is 0 Å². The van der Waals surface area contributed by atoms with Crippen molar-refractivity contribution in [3.63, 3.8) is 0 Å². The maximum atomic E-state index is 11.3. The third kappa shape index (κ3) is 8.81. The number of piperidine rings is 1. The van der Waals surface area contributed by atoms with Crippen LogP contribution in [-0.4, -0.2) is 67.0 Å². The molecule has 2 unspecified atom stereocenters. The van der Waals surface area contributed by atoms with E-state index in [0.717, 1.165) is 64.5 Å². The summed E-state index contributed by atoms with van der Waals surface area (Å²) < 4.78 is 0. The average molecular weight is 483 g/mol. The second-order valence-electron chi connectivity index (χ2n) is 6.68. The fourth-order valence-corrected chi connectivity index (χ4v) is 4.50. The molecule has 0 bridgehead atoms. The van der Waals surface area contributed by atoms with Gasteiger partial charge in [-0.1, -0.05) is 0 Å². The Bertz CT molecular complexity index is 418. The van der Waals surface area contributed by atoms with Gasteiger partial charge in [0.1, 0.15) is 0 Å². The summed E-state index contributed by atoms with van der Waals surface area (Å²) >= 11 is 2.04. The molecule has 0 aliphatic carbocycles. The summed E-state index contributed by atoms with van der Waals surface area (Å²) in [6.07, 6.45) is 5.69. The number of hydrogen-bond donors (Lipinski definition) is 3. The number of guanidine groups is 1. The first-order chi connectivity index (χ1) is 11.7. The minimum Gasteiger partial charge on any atom is -0.369 e. The van der Waals surface area contributed by atoms with Crippen LogP contribution in [0, 0.1) is 5.92 Å². The number of likely N-dealkylation sites (tertiary alicyclic amines) is 1. The van der Waals surface area contributed by atoms with E-state index in [1.165, 1.54) is 18.6 Å². The lowest BCUT2D eigenvalue weighted by Crippen LogP contribution is -2.43. The maximum Gasteiger partial charge on any atom is 0.221 e. The summed E-state index contributed by atoms with van der Waals surface area (Å²) in [6, 6.07) is 0. The van der Waals surface area contributed by atoms with Gasteiger partial charge in [0.2, 0.25) is 5.91 Å². The lowest BCUT2D eigenvalue weighted by molar-refractivity contribution is -0.123. The SMILES string of the molecule is CCNC(=NCC1CCCS1)NCCCN1CCCC(C(N)=O)C1.I. The summed E-state index contributed by atoms with van der Waals surface area (Å²) in [5, 5.41) is 7.45. The molecule has 8 heteroatoms. The minimum atomic E-state index is -0.149. The molecule has 2 heterocycles. The Kier molecular flexibility index (Phi) is 11.9. The molecule has 6 nitrogen and oxygen atoms in total. The van der Waals surface area contributed by atoms with Gasteiger partial charge in [-0.15, -0.1) is 24.0 Å². The summed E-state index contributed by atoms with van der Waals surface area (Å²) in [4.78, 5) is 18.4. The van der Waals surface area contributed by atoms with Gasteiger partial charge in [-0.3, -0.25) is 9.79 Å². The van der Waals surface area contributed by atoms with E-state index >= 15 is 0 Å². The number of nitrogens with zero attached hydrogens (tertiary/aromatic N) is 2. The highest BCUT2D eigenvalue weighted by Gasteiger charge is 2.23. The fraction of sp³-hybridized carbons (Fsp3) is 0.882. The number of amides is 1. The molecule has 0 aromatic heterocycles. The van der Waals surface area contributed by atoms with E-state index < -0.39 is 0 Å². The van der Waals surface area contributed by atoms with Crippen molar-refractivity contribution in [1.29, 1.82) is 0 Å². The summed E-state index contributed by atoms with van der Waals surface area (Å²) in [7, 11) is 0. The molecule has 0 saturated carbocycles. The quantitative estimate of drug-likeness (QED) is 0.212. The number of nitrogens with one attached hydrogen (secondary N) is 2. The molecule has 25 heavy (non-hydrogen) atoms. The standard InChI is InChI=1S/C17H33N5OS.HI/c1-2-19-17(21-12-15-7-4-11-24-15)20-8-5-10-22-9-3-6-14(13-22)16(18)23;/h14-15H,2-13H2,1H3,(H2,18,23)(H2,19,20,21);1H. The number of primary amides is 1. The summed E-state index contributed by atoms with van der Waals surface area (Å²) in [6.45, 7) is 7.71. The molecule has 2 fully saturated rings. The van der Waals surface area contributed by atoms with Crippen LogP contribution in [0.4, 0.5) is 0 Å². The van der Waals surface area contributed by atoms with Crippen LogP contribution < -0.4 is 16.4 Å². The van der Waals surface area contributed by atoms with E-state index in [4.69, 9.17) is 10.7 Å². The molecule has 0 spiro atoms. The van der Waals surface area contributed by atoms with E-state index in [0.29, 0.717) is 5.25 Å². The Morgan fingerprint density at radius 1 is 1.32 bits per heavy atom. The monoisotopic (exact) mass is 483 g/mol. The van der Waals surface area contributed by atoms with Crippen molar-refractivity contribution in [2.45, 2.75) is 44.3 Å². The number of halogens is 1. The highest BCUT2D eigenvalue weighted by molar-refractivity contribution is 14.0. The predicted octanol–water partition coefficient (Wildman–Crippen LogP) is 1.64. The molecule has 2 aliphatic rings. The van der Waals surface area contributed by atoms with Gasteiger partial charge in [0, 0.05) is 24.9 Å². The zero-order chi connectivity index (χ0) is 17.2. The Labute approximate surface area is 173 Å². The number of nitrogens with two attached hydrogens (primary N) is 1. The van der Waals surface area contributed by atoms with Crippen molar-refractivity contribution in [3.05, 3.63) is 0 Å². The number of aliphatic imine (C=N–C) groups is 1. The smallest absolute Gasteiger partial charge is 0.221 e. The highest BCUT2D eigenvalue weighted by atomic mass is 127. The average Bonchev–Trinajstić information content (AvgIpc) is 3.10. The number of carbonyl (C=O) groups excluding carboxylic acids is 1. The van der Waals surface area contributed by atoms with Crippen LogP contribution >= 0.6 is 35.7 Å². The van der Waals surface area contributed by atoms with Crippen LogP contribution in [0.25, 0.3) is 0 Å². The third-order valence-corrected chi connectivity index (χ3v) is 6.05. The number of hydrogen-bond acceptors (Lipinski definition) is 4. The normalized spacial score (nSPS) is 24.6. The van der Waals surface area contributed by atoms with E-state index in [2.05, 4.69) is 22.5 Å². The molecule has 2 saturated heterocycles. The fourth-order valence-electron chi connectivity index (χ4n) is 3.32. The van der Waals surface area contributed by atoms with Crippen molar-refractivity contribution < 1.29 is 4.79 Å². The first kappa shape index (κ1) is 22.8. The van der Waals surface area contributed by atoms with Crippen molar-refractivity contribution in [2.75, 3.05) is 45.0 Å². The van der Waals surface area contributed by atoms with E-state index in [1.54, 1.807) is 0 Å². The molecule has 2 atom stereocenters. The lowest BCUT2D eigenvalue weighted by Gasteiger charge is -2.31. The summed E-state index contributed by atoms with van der Waals surface area (Å²) in [5.41, 5.74) is 5.44. The van der Waals surface area contributed by atoms with Gasteiger partial charge in [0.15, 0.2) is 5.96 Å². The van der Waals surface area contributed by atoms with E-state index in [1.807, 2.05) is 11.8 Å². The summed E-state index contributed by atoms with van der Waals surface area (Å²) in [5.74, 6) is 2.10. The Morgan fingerprint density at radius 3 is 2.84 bits per heavy atom. The lowest BCUT2D eigenvalue weighted by atomic mass is 9.97. The third-order valence-electron chi connectivity index (χ3n) is 4.67. The Hall–Kier alpha value is -0.220. The molecule has 1 amide bonds. The number of thioether (sulfide) groups is 1. The van der Waals surface area contributed by atoms with Gasteiger partial charge >= 0.3 is 0 Å². The van der Waals surface area contributed by atoms with Crippen LogP contribution in [0.3, 0.4) is 0 Å². The van der Waals surface area contributed by atoms with Gasteiger partial charge in [-0.25, -0.2) is 0 Å². The minimum absolute atomic E-state index is 0. The predicted molar refractivity (Wildman–Crippen MR) is 118 cm³/mol. The molecule has 2 aliphatic heterocycles. The highest BCUT2D eigenvalue weighted by Crippen LogP contribution is 2.25. The van der Waals surface area contributed by atoms with Gasteiger partial charge in [0.25, 0.3) is 0 Å². The van der Waals surface area contributed by atoms with Crippen molar-refractivity contribution in [2.24, 2.45) is 16.6 Å². The van der Waals surface area contributed by atoms with Crippen LogP contribution in [-0.2, 0) is 4.79 Å². The molecular formula is C17H34IN5OS. The zero-order valence-electron chi connectivity index (χ0n) is 15.3. The molecule has 2 rings (SSSR count). The van der Waals surface area contributed by atoms with E-state index in [-0.39, 0.29) is 35.8 Å². The molecule has 0 radical (unpaired) electrons. The van der Waals surface area contributed by atoms with Crippen molar-refractivity contribution in [1.82, 2.24) is 15.5 Å². The maximum absolute atomic E-state index is 11.3. The largest absolute Gasteiger partial charge is 0.369 e. The van der Waals surface area contributed by atoms with Gasteiger partial charge in [-0.2, -0.15) is 11.8 Å². The molecular weight excluding hydrogens is 449 g/mol. The van der Waals surface area contributed by atoms with Crippen molar-refractivity contribution >= 4 is 47.6 Å². The van der Waals surface area contributed by atoms with Gasteiger partial charge in [-0.05, 0) is 57.9 Å². The van der Waals surface area contributed by atoms with E-state index in [9.17, 15) is 4.79 Å². The van der Waals surface area contributed by atoms with Gasteiger partial charge in [0.05, 0.1) is 12.5 Å². The Morgan fingerprint density at radius 2 is 2.16 bits per heavy atom. The molecule has 0 aromatic carbocycles. The Balaban J connectivity index is 0.00000312. The second kappa shape index (κ2) is 13.0.